The zero-order chi connectivity index (χ0) is 18.1. The van der Waals surface area contributed by atoms with Gasteiger partial charge in [-0.3, -0.25) is 0 Å². The highest BCUT2D eigenvalue weighted by Crippen LogP contribution is 2.34. The predicted octanol–water partition coefficient (Wildman–Crippen LogP) is 3.61. The second kappa shape index (κ2) is 7.14. The van der Waals surface area contributed by atoms with Crippen LogP contribution in [-0.4, -0.2) is 21.7 Å². The lowest BCUT2D eigenvalue weighted by Gasteiger charge is -2.20. The highest BCUT2D eigenvalue weighted by molar-refractivity contribution is 7.98. The Hall–Kier alpha value is -2.29. The monoisotopic (exact) mass is 392 g/mol. The molecule has 0 saturated carbocycles. The average Bonchev–Trinajstić information content (AvgIpc) is 3.00. The van der Waals surface area contributed by atoms with Crippen LogP contribution in [0, 0.1) is 5.82 Å². The number of thioether (sulfide) groups is 1. The van der Waals surface area contributed by atoms with E-state index in [-0.39, 0.29) is 12.6 Å². The summed E-state index contributed by atoms with van der Waals surface area (Å²) in [5, 5.41) is 9.27. The van der Waals surface area contributed by atoms with Gasteiger partial charge in [-0.15, -0.1) is 10.2 Å². The molecule has 9 heteroatoms. The van der Waals surface area contributed by atoms with Crippen LogP contribution >= 0.6 is 23.4 Å². The lowest BCUT2D eigenvalue weighted by molar-refractivity contribution is -0.0171. The van der Waals surface area contributed by atoms with Gasteiger partial charge in [-0.1, -0.05) is 35.5 Å². The minimum atomic E-state index is -0.334. The molecular weight excluding hydrogens is 379 g/mol. The average molecular weight is 393 g/mol. The summed E-state index contributed by atoms with van der Waals surface area (Å²) in [6.45, 7) is 0.481. The molecular formula is C17H14ClFN4O2S. The fourth-order valence-electron chi connectivity index (χ4n) is 2.71. The normalized spacial score (nSPS) is 13.3. The molecule has 26 heavy (non-hydrogen) atoms. The van der Waals surface area contributed by atoms with Gasteiger partial charge in [0, 0.05) is 22.4 Å². The van der Waals surface area contributed by atoms with Gasteiger partial charge in [-0.25, -0.2) is 9.07 Å². The molecule has 2 heterocycles. The van der Waals surface area contributed by atoms with Gasteiger partial charge in [-0.2, -0.15) is 0 Å². The molecule has 0 amide bonds. The third kappa shape index (κ3) is 3.23. The van der Waals surface area contributed by atoms with Gasteiger partial charge in [-0.05, 0) is 24.3 Å². The van der Waals surface area contributed by atoms with E-state index in [1.807, 2.05) is 18.2 Å². The molecule has 0 atom stereocenters. The van der Waals surface area contributed by atoms with Gasteiger partial charge in [0.15, 0.2) is 12.6 Å². The first-order valence-electron chi connectivity index (χ1n) is 7.73. The number of nitrogen functional groups attached to an aromatic ring is 1. The zero-order valence-corrected chi connectivity index (χ0v) is 15.1. The van der Waals surface area contributed by atoms with Crippen molar-refractivity contribution in [3.8, 4) is 17.1 Å². The van der Waals surface area contributed by atoms with Crippen LogP contribution in [0.5, 0.6) is 5.75 Å². The molecule has 0 spiro atoms. The molecule has 0 radical (unpaired) electrons. The minimum absolute atomic E-state index is 0.153. The smallest absolute Gasteiger partial charge is 0.210 e. The summed E-state index contributed by atoms with van der Waals surface area (Å²) in [5.41, 5.74) is 2.10. The van der Waals surface area contributed by atoms with Crippen molar-refractivity contribution < 1.29 is 13.9 Å². The van der Waals surface area contributed by atoms with Crippen molar-refractivity contribution in [2.45, 2.75) is 17.5 Å². The van der Waals surface area contributed by atoms with Crippen LogP contribution in [0.25, 0.3) is 11.4 Å². The van der Waals surface area contributed by atoms with Crippen LogP contribution in [0.4, 0.5) is 4.39 Å². The molecule has 3 aromatic rings. The second-order valence-electron chi connectivity index (χ2n) is 5.61. The fourth-order valence-corrected chi connectivity index (χ4v) is 3.75. The lowest BCUT2D eigenvalue weighted by atomic mass is 10.1. The van der Waals surface area contributed by atoms with Crippen molar-refractivity contribution in [3.05, 3.63) is 58.4 Å². The predicted molar refractivity (Wildman–Crippen MR) is 96.9 cm³/mol. The van der Waals surface area contributed by atoms with Crippen molar-refractivity contribution in [1.29, 1.82) is 0 Å². The van der Waals surface area contributed by atoms with Crippen LogP contribution in [0.1, 0.15) is 11.1 Å². The molecule has 1 aromatic heterocycles. The van der Waals surface area contributed by atoms with E-state index in [4.69, 9.17) is 26.9 Å². The first kappa shape index (κ1) is 17.1. The molecule has 1 aliphatic rings. The number of benzene rings is 2. The number of hydrogen-bond acceptors (Lipinski definition) is 6. The highest BCUT2D eigenvalue weighted by atomic mass is 35.5. The van der Waals surface area contributed by atoms with E-state index in [9.17, 15) is 4.39 Å². The number of nitrogens with zero attached hydrogens (tertiary/aromatic N) is 3. The number of hydrogen-bond donors (Lipinski definition) is 1. The van der Waals surface area contributed by atoms with Gasteiger partial charge in [0.25, 0.3) is 0 Å². The summed E-state index contributed by atoms with van der Waals surface area (Å²) in [6, 6.07) is 10.1. The Balaban J connectivity index is 1.59. The largest absolute Gasteiger partial charge is 0.467 e. The first-order valence-corrected chi connectivity index (χ1v) is 9.10. The third-order valence-electron chi connectivity index (χ3n) is 3.89. The number of nitrogens with two attached hydrogens (primary N) is 1. The maximum atomic E-state index is 13.8. The molecule has 0 unspecified atom stereocenters. The third-order valence-corrected chi connectivity index (χ3v) is 5.21. The van der Waals surface area contributed by atoms with E-state index in [2.05, 4.69) is 10.2 Å². The topological polar surface area (TPSA) is 75.2 Å². The van der Waals surface area contributed by atoms with Crippen molar-refractivity contribution in [1.82, 2.24) is 14.9 Å². The van der Waals surface area contributed by atoms with Crippen molar-refractivity contribution >= 4 is 23.4 Å². The van der Waals surface area contributed by atoms with Crippen LogP contribution < -0.4 is 10.6 Å². The Morgan fingerprint density at radius 3 is 2.96 bits per heavy atom. The summed E-state index contributed by atoms with van der Waals surface area (Å²) in [5.74, 6) is 7.33. The Bertz CT molecular complexity index is 966. The zero-order valence-electron chi connectivity index (χ0n) is 13.5. The highest BCUT2D eigenvalue weighted by Gasteiger charge is 2.19. The van der Waals surface area contributed by atoms with E-state index in [0.717, 1.165) is 5.56 Å². The van der Waals surface area contributed by atoms with Crippen LogP contribution in [-0.2, 0) is 17.1 Å². The number of rotatable bonds is 4. The van der Waals surface area contributed by atoms with E-state index < -0.39 is 0 Å². The molecule has 4 rings (SSSR count). The maximum absolute atomic E-state index is 13.8. The molecule has 0 saturated heterocycles. The minimum Gasteiger partial charge on any atom is -0.467 e. The Morgan fingerprint density at radius 1 is 1.27 bits per heavy atom. The lowest BCUT2D eigenvalue weighted by Crippen LogP contribution is -2.14. The molecule has 2 aromatic carbocycles. The van der Waals surface area contributed by atoms with Crippen molar-refractivity contribution in [3.63, 3.8) is 0 Å². The summed E-state index contributed by atoms with van der Waals surface area (Å²) in [4.78, 5) is 0. The first-order chi connectivity index (χ1) is 12.6. The summed E-state index contributed by atoms with van der Waals surface area (Å²) in [7, 11) is 0. The maximum Gasteiger partial charge on any atom is 0.210 e. The van der Waals surface area contributed by atoms with Gasteiger partial charge < -0.3 is 15.3 Å². The standard InChI is InChI=1S/C17H14ClFN4O2S/c18-14-4-2-1-3-13(14)16-21-22-17(23(16)20)26-8-11-6-12(19)5-10-7-24-9-25-15(10)11/h1-6H,7-9,20H2. The summed E-state index contributed by atoms with van der Waals surface area (Å²) < 4.78 is 25.9. The van der Waals surface area contributed by atoms with Crippen LogP contribution in [0.2, 0.25) is 5.02 Å². The van der Waals surface area contributed by atoms with E-state index in [1.54, 1.807) is 6.07 Å². The van der Waals surface area contributed by atoms with Gasteiger partial charge in [0.2, 0.25) is 5.16 Å². The SMILES string of the molecule is Nn1c(SCc2cc(F)cc3c2OCOC3)nnc1-c1ccccc1Cl. The number of fused-ring (bicyclic) bond motifs is 1. The van der Waals surface area contributed by atoms with E-state index in [1.165, 1.54) is 28.6 Å². The Labute approximate surface area is 158 Å². The summed E-state index contributed by atoms with van der Waals surface area (Å²) >= 11 is 7.53. The van der Waals surface area contributed by atoms with Gasteiger partial charge >= 0.3 is 0 Å². The molecule has 0 bridgehead atoms. The van der Waals surface area contributed by atoms with Crippen LogP contribution in [0.15, 0.2) is 41.6 Å². The molecule has 6 nitrogen and oxygen atoms in total. The Kier molecular flexibility index (Phi) is 4.71. The van der Waals surface area contributed by atoms with Gasteiger partial charge in [0.05, 0.1) is 11.6 Å². The van der Waals surface area contributed by atoms with E-state index in [0.29, 0.717) is 45.2 Å². The quantitative estimate of drug-likeness (QED) is 0.540. The molecule has 2 N–H and O–H groups in total. The number of halogens is 2. The van der Waals surface area contributed by atoms with Crippen LogP contribution in [0.3, 0.4) is 0 Å². The fraction of sp³-hybridized carbons (Fsp3) is 0.176. The second-order valence-corrected chi connectivity index (χ2v) is 6.96. The Morgan fingerprint density at radius 2 is 2.12 bits per heavy atom. The van der Waals surface area contributed by atoms with Crippen molar-refractivity contribution in [2.24, 2.45) is 0 Å². The molecule has 134 valence electrons. The molecule has 0 aliphatic carbocycles. The van der Waals surface area contributed by atoms with Crippen molar-refractivity contribution in [2.75, 3.05) is 12.6 Å². The molecule has 1 aliphatic heterocycles. The number of ether oxygens (including phenoxy) is 2. The van der Waals surface area contributed by atoms with Gasteiger partial charge in [0.1, 0.15) is 11.6 Å². The van der Waals surface area contributed by atoms with E-state index >= 15 is 0 Å². The molecule has 0 fully saturated rings. The summed E-state index contributed by atoms with van der Waals surface area (Å²) in [6.07, 6.45) is 0. The number of aromatic nitrogens is 3.